The predicted octanol–water partition coefficient (Wildman–Crippen LogP) is 1.39. The fourth-order valence-corrected chi connectivity index (χ4v) is 2.08. The first kappa shape index (κ1) is 12.8. The van der Waals surface area contributed by atoms with Crippen molar-refractivity contribution in [2.24, 2.45) is 7.05 Å². The Balaban J connectivity index is 2.22. The summed E-state index contributed by atoms with van der Waals surface area (Å²) in [5, 5.41) is 7.97. The highest BCUT2D eigenvalue weighted by molar-refractivity contribution is 5.25. The quantitative estimate of drug-likeness (QED) is 0.868. The maximum absolute atomic E-state index is 4.61. The zero-order valence-electron chi connectivity index (χ0n) is 11.6. The highest BCUT2D eigenvalue weighted by atomic mass is 15.3. The summed E-state index contributed by atoms with van der Waals surface area (Å²) in [6.07, 6.45) is 3.71. The molecule has 0 aliphatic rings. The molecule has 0 fully saturated rings. The molecule has 0 atom stereocenters. The molecule has 0 unspecified atom stereocenters. The van der Waals surface area contributed by atoms with Crippen molar-refractivity contribution in [3.8, 4) is 0 Å². The molecule has 0 radical (unpaired) electrons. The summed E-state index contributed by atoms with van der Waals surface area (Å²) in [6, 6.07) is 0. The lowest BCUT2D eigenvalue weighted by Gasteiger charge is -2.06. The Kier molecular flexibility index (Phi) is 3.81. The molecule has 0 spiro atoms. The molecular weight excluding hydrogens is 226 g/mol. The topological polar surface area (TPSA) is 47.7 Å². The molecule has 0 amide bonds. The Bertz CT molecular complexity index is 523. The van der Waals surface area contributed by atoms with E-state index in [4.69, 9.17) is 0 Å². The van der Waals surface area contributed by atoms with E-state index in [0.29, 0.717) is 0 Å². The van der Waals surface area contributed by atoms with Crippen molar-refractivity contribution in [1.29, 1.82) is 0 Å². The number of rotatable bonds is 5. The van der Waals surface area contributed by atoms with E-state index in [-0.39, 0.29) is 0 Å². The molecule has 2 heterocycles. The minimum absolute atomic E-state index is 0.773. The molecule has 18 heavy (non-hydrogen) atoms. The Morgan fingerprint density at radius 2 is 2.11 bits per heavy atom. The van der Waals surface area contributed by atoms with Gasteiger partial charge >= 0.3 is 0 Å². The minimum Gasteiger partial charge on any atom is -0.336 e. The largest absolute Gasteiger partial charge is 0.336 e. The lowest BCUT2D eigenvalue weighted by atomic mass is 10.2. The Morgan fingerprint density at radius 3 is 2.72 bits per heavy atom. The van der Waals surface area contributed by atoms with Crippen molar-refractivity contribution in [2.45, 2.75) is 33.9 Å². The van der Waals surface area contributed by atoms with E-state index in [9.17, 15) is 0 Å². The minimum atomic E-state index is 0.773. The van der Waals surface area contributed by atoms with Crippen LogP contribution in [0.1, 0.15) is 29.6 Å². The third-order valence-corrected chi connectivity index (χ3v) is 3.31. The van der Waals surface area contributed by atoms with Crippen LogP contribution in [0.5, 0.6) is 0 Å². The van der Waals surface area contributed by atoms with Crippen molar-refractivity contribution in [3.05, 3.63) is 35.2 Å². The summed E-state index contributed by atoms with van der Waals surface area (Å²) in [7, 11) is 2.01. The van der Waals surface area contributed by atoms with E-state index in [1.165, 1.54) is 11.3 Å². The molecule has 1 N–H and O–H groups in total. The van der Waals surface area contributed by atoms with Gasteiger partial charge in [-0.15, -0.1) is 0 Å². The Morgan fingerprint density at radius 1 is 1.33 bits per heavy atom. The standard InChI is InChI=1S/C13H21N5/c1-5-14-7-13-10(2)16-18(11(13)3)8-12-6-15-9-17(12)4/h6,9,14H,5,7-8H2,1-4H3. The lowest BCUT2D eigenvalue weighted by molar-refractivity contribution is 0.624. The van der Waals surface area contributed by atoms with E-state index < -0.39 is 0 Å². The summed E-state index contributed by atoms with van der Waals surface area (Å²) >= 11 is 0. The number of hydrogen-bond donors (Lipinski definition) is 1. The molecule has 0 aromatic carbocycles. The van der Waals surface area contributed by atoms with Gasteiger partial charge in [0, 0.05) is 24.8 Å². The van der Waals surface area contributed by atoms with Crippen LogP contribution in [0.25, 0.3) is 0 Å². The molecule has 0 aliphatic heterocycles. The lowest BCUT2D eigenvalue weighted by Crippen LogP contribution is -2.13. The van der Waals surface area contributed by atoms with Crippen LogP contribution in [0.4, 0.5) is 0 Å². The van der Waals surface area contributed by atoms with Crippen LogP contribution < -0.4 is 5.32 Å². The van der Waals surface area contributed by atoms with Crippen molar-refractivity contribution < 1.29 is 0 Å². The molecule has 5 nitrogen and oxygen atoms in total. The van der Waals surface area contributed by atoms with Crippen LogP contribution in [0.2, 0.25) is 0 Å². The van der Waals surface area contributed by atoms with Gasteiger partial charge in [-0.05, 0) is 20.4 Å². The summed E-state index contributed by atoms with van der Waals surface area (Å²) in [5.41, 5.74) is 4.81. The molecule has 0 saturated heterocycles. The van der Waals surface area contributed by atoms with E-state index >= 15 is 0 Å². The Labute approximate surface area is 108 Å². The fourth-order valence-electron chi connectivity index (χ4n) is 2.08. The molecule has 2 rings (SSSR count). The summed E-state index contributed by atoms with van der Waals surface area (Å²) in [6.45, 7) is 8.95. The van der Waals surface area contributed by atoms with Gasteiger partial charge in [0.15, 0.2) is 0 Å². The number of aromatic nitrogens is 4. The molecular formula is C13H21N5. The first-order chi connectivity index (χ1) is 8.63. The van der Waals surface area contributed by atoms with E-state index in [1.54, 1.807) is 0 Å². The van der Waals surface area contributed by atoms with Gasteiger partial charge in [-0.3, -0.25) is 4.68 Å². The smallest absolute Gasteiger partial charge is 0.0946 e. The van der Waals surface area contributed by atoms with Crippen LogP contribution in [0.15, 0.2) is 12.5 Å². The zero-order chi connectivity index (χ0) is 13.1. The highest BCUT2D eigenvalue weighted by Crippen LogP contribution is 2.14. The van der Waals surface area contributed by atoms with E-state index in [2.05, 4.69) is 40.9 Å². The van der Waals surface area contributed by atoms with Crippen LogP contribution >= 0.6 is 0 Å². The van der Waals surface area contributed by atoms with Crippen LogP contribution in [-0.4, -0.2) is 25.9 Å². The molecule has 2 aromatic heterocycles. The van der Waals surface area contributed by atoms with Crippen molar-refractivity contribution >= 4 is 0 Å². The third kappa shape index (κ3) is 2.46. The monoisotopic (exact) mass is 247 g/mol. The predicted molar refractivity (Wildman–Crippen MR) is 71.4 cm³/mol. The molecule has 0 bridgehead atoms. The maximum atomic E-state index is 4.61. The third-order valence-electron chi connectivity index (χ3n) is 3.31. The van der Waals surface area contributed by atoms with Crippen LogP contribution in [-0.2, 0) is 20.1 Å². The summed E-state index contributed by atoms with van der Waals surface area (Å²) in [4.78, 5) is 4.14. The number of imidazole rings is 1. The van der Waals surface area contributed by atoms with Gasteiger partial charge in [0.25, 0.3) is 0 Å². The maximum Gasteiger partial charge on any atom is 0.0946 e. The first-order valence-corrected chi connectivity index (χ1v) is 6.32. The van der Waals surface area contributed by atoms with Gasteiger partial charge in [-0.2, -0.15) is 5.10 Å². The Hall–Kier alpha value is -1.62. The number of nitrogens with one attached hydrogen (secondary N) is 1. The number of aryl methyl sites for hydroxylation is 2. The average molecular weight is 247 g/mol. The SMILES string of the molecule is CCNCc1c(C)nn(Cc2cncn2C)c1C. The van der Waals surface area contributed by atoms with Crippen molar-refractivity contribution in [3.63, 3.8) is 0 Å². The number of hydrogen-bond acceptors (Lipinski definition) is 3. The second-order valence-corrected chi connectivity index (χ2v) is 4.58. The molecule has 98 valence electrons. The number of nitrogens with zero attached hydrogens (tertiary/aromatic N) is 4. The average Bonchev–Trinajstić information content (AvgIpc) is 2.84. The first-order valence-electron chi connectivity index (χ1n) is 6.32. The molecule has 2 aromatic rings. The van der Waals surface area contributed by atoms with Gasteiger partial charge in [-0.1, -0.05) is 6.92 Å². The van der Waals surface area contributed by atoms with Gasteiger partial charge in [-0.25, -0.2) is 4.98 Å². The summed E-state index contributed by atoms with van der Waals surface area (Å²) in [5.74, 6) is 0. The van der Waals surface area contributed by atoms with E-state index in [0.717, 1.165) is 31.0 Å². The second-order valence-electron chi connectivity index (χ2n) is 4.58. The zero-order valence-corrected chi connectivity index (χ0v) is 11.6. The van der Waals surface area contributed by atoms with Crippen LogP contribution in [0.3, 0.4) is 0 Å². The molecule has 5 heteroatoms. The van der Waals surface area contributed by atoms with Gasteiger partial charge in [0.2, 0.25) is 0 Å². The highest BCUT2D eigenvalue weighted by Gasteiger charge is 2.12. The van der Waals surface area contributed by atoms with Gasteiger partial charge < -0.3 is 9.88 Å². The van der Waals surface area contributed by atoms with E-state index in [1.807, 2.05) is 24.1 Å². The van der Waals surface area contributed by atoms with Crippen molar-refractivity contribution in [2.75, 3.05) is 6.54 Å². The normalized spacial score (nSPS) is 11.1. The fraction of sp³-hybridized carbons (Fsp3) is 0.538. The molecule has 0 aliphatic carbocycles. The van der Waals surface area contributed by atoms with Crippen LogP contribution in [0, 0.1) is 13.8 Å². The second kappa shape index (κ2) is 5.35. The summed E-state index contributed by atoms with van der Waals surface area (Å²) < 4.78 is 4.08. The van der Waals surface area contributed by atoms with Gasteiger partial charge in [0.05, 0.1) is 30.5 Å². The van der Waals surface area contributed by atoms with Crippen molar-refractivity contribution in [1.82, 2.24) is 24.6 Å². The molecule has 0 saturated carbocycles. The van der Waals surface area contributed by atoms with Gasteiger partial charge in [0.1, 0.15) is 0 Å².